The maximum atomic E-state index is 12.5. The minimum Gasteiger partial charge on any atom is -0.361 e. The van der Waals surface area contributed by atoms with Crippen LogP contribution >= 0.6 is 0 Å². The first-order valence-corrected chi connectivity index (χ1v) is 9.60. The van der Waals surface area contributed by atoms with E-state index < -0.39 is 29.3 Å². The van der Waals surface area contributed by atoms with Gasteiger partial charge in [0.05, 0.1) is 28.6 Å². The lowest BCUT2D eigenvalue weighted by molar-refractivity contribution is -0.330. The minimum atomic E-state index is -4.67. The maximum absolute atomic E-state index is 12.5. The topological polar surface area (TPSA) is 64.1 Å². The average molecular weight is 377 g/mol. The van der Waals surface area contributed by atoms with Crippen molar-refractivity contribution in [2.45, 2.75) is 68.7 Å². The molecule has 0 spiro atoms. The monoisotopic (exact) mass is 377 g/mol. The first-order valence-electron chi connectivity index (χ1n) is 8.28. The van der Waals surface area contributed by atoms with Crippen LogP contribution in [0.4, 0.5) is 19.0 Å². The molecule has 1 atom stereocenters. The molecule has 1 unspecified atom stereocenters. The average Bonchev–Trinajstić information content (AvgIpc) is 2.81. The second-order valence-corrected chi connectivity index (χ2v) is 9.22. The molecule has 1 aliphatic heterocycles. The summed E-state index contributed by atoms with van der Waals surface area (Å²) in [5, 5.41) is 3.14. The third-order valence-electron chi connectivity index (χ3n) is 4.56. The second-order valence-electron chi connectivity index (χ2n) is 7.71. The zero-order chi connectivity index (χ0) is 18.5. The number of halogens is 3. The summed E-state index contributed by atoms with van der Waals surface area (Å²) in [5.41, 5.74) is -0.406. The summed E-state index contributed by atoms with van der Waals surface area (Å²) in [6.45, 7) is 5.43. The largest absolute Gasteiger partial charge is 0.522 e. The Morgan fingerprint density at radius 1 is 1.24 bits per heavy atom. The molecule has 0 amide bonds. The van der Waals surface area contributed by atoms with Crippen LogP contribution in [0.15, 0.2) is 4.90 Å². The summed E-state index contributed by atoms with van der Waals surface area (Å²) in [4.78, 5) is 9.60. The van der Waals surface area contributed by atoms with Gasteiger partial charge in [-0.25, -0.2) is 9.97 Å². The second kappa shape index (κ2) is 6.19. The zero-order valence-electron chi connectivity index (χ0n) is 14.5. The normalized spacial score (nSPS) is 22.4. The summed E-state index contributed by atoms with van der Waals surface area (Å²) < 4.78 is 53.8. The number of anilines is 1. The van der Waals surface area contributed by atoms with Gasteiger partial charge < -0.3 is 5.32 Å². The van der Waals surface area contributed by atoms with Gasteiger partial charge in [-0.15, -0.1) is 13.2 Å². The molecule has 0 bridgehead atoms. The highest BCUT2D eigenvalue weighted by Crippen LogP contribution is 2.40. The molecule has 1 aliphatic carbocycles. The van der Waals surface area contributed by atoms with Gasteiger partial charge >= 0.3 is 6.36 Å². The van der Waals surface area contributed by atoms with Gasteiger partial charge in [0.25, 0.3) is 0 Å². The lowest BCUT2D eigenvalue weighted by Gasteiger charge is -2.43. The summed E-state index contributed by atoms with van der Waals surface area (Å²) >= 11 is 0. The van der Waals surface area contributed by atoms with E-state index in [9.17, 15) is 17.4 Å². The SMILES string of the molecule is CC(C)(C)c1nc2c(c(NC3(COC(F)(F)F)CCC3)n1)S(=O)CC2. The molecule has 1 aromatic heterocycles. The molecule has 1 aromatic rings. The molecule has 1 fully saturated rings. The van der Waals surface area contributed by atoms with Crippen molar-refractivity contribution in [2.75, 3.05) is 17.7 Å². The van der Waals surface area contributed by atoms with Crippen LogP contribution in [0.2, 0.25) is 0 Å². The molecule has 2 aliphatic rings. The van der Waals surface area contributed by atoms with Crippen LogP contribution in [0.1, 0.15) is 51.6 Å². The molecule has 25 heavy (non-hydrogen) atoms. The van der Waals surface area contributed by atoms with Gasteiger partial charge in [-0.05, 0) is 19.3 Å². The number of rotatable bonds is 4. The van der Waals surface area contributed by atoms with Crippen LogP contribution < -0.4 is 5.32 Å². The van der Waals surface area contributed by atoms with Crippen molar-refractivity contribution < 1.29 is 22.1 Å². The van der Waals surface area contributed by atoms with Gasteiger partial charge in [0.15, 0.2) is 0 Å². The van der Waals surface area contributed by atoms with Crippen molar-refractivity contribution in [3.8, 4) is 0 Å². The standard InChI is InChI=1S/C16H22F3N3O2S/c1-14(2,3)13-20-10-5-8-25(23)11(10)12(21-13)22-15(6-4-7-15)9-24-16(17,18)19/h4-9H2,1-3H3,(H,20,21,22). The quantitative estimate of drug-likeness (QED) is 0.872. The van der Waals surface area contributed by atoms with Crippen LogP contribution in [0.5, 0.6) is 0 Å². The number of aryl methyl sites for hydroxylation is 1. The molecular formula is C16H22F3N3O2S. The number of hydrogen-bond acceptors (Lipinski definition) is 5. The number of fused-ring (bicyclic) bond motifs is 1. The van der Waals surface area contributed by atoms with Crippen LogP contribution in [-0.4, -0.2) is 38.4 Å². The summed E-state index contributed by atoms with van der Waals surface area (Å²) in [5.74, 6) is 1.47. The molecule has 2 heterocycles. The highest BCUT2D eigenvalue weighted by molar-refractivity contribution is 7.85. The van der Waals surface area contributed by atoms with E-state index in [1.807, 2.05) is 20.8 Å². The first kappa shape index (κ1) is 18.6. The van der Waals surface area contributed by atoms with Crippen molar-refractivity contribution in [3.05, 3.63) is 11.5 Å². The van der Waals surface area contributed by atoms with E-state index in [2.05, 4.69) is 20.0 Å². The van der Waals surface area contributed by atoms with E-state index in [1.54, 1.807) is 0 Å². The molecule has 3 rings (SSSR count). The Hall–Kier alpha value is -1.22. The Morgan fingerprint density at radius 3 is 2.44 bits per heavy atom. The summed E-state index contributed by atoms with van der Waals surface area (Å²) in [7, 11) is -1.23. The fraction of sp³-hybridized carbons (Fsp3) is 0.750. The molecule has 0 aromatic carbocycles. The van der Waals surface area contributed by atoms with Crippen molar-refractivity contribution in [1.82, 2.24) is 9.97 Å². The van der Waals surface area contributed by atoms with Crippen LogP contribution in [-0.2, 0) is 27.4 Å². The molecule has 0 radical (unpaired) electrons. The highest BCUT2D eigenvalue weighted by atomic mass is 32.2. The van der Waals surface area contributed by atoms with Crippen LogP contribution in [0.25, 0.3) is 0 Å². The van der Waals surface area contributed by atoms with Crippen LogP contribution in [0.3, 0.4) is 0 Å². The van der Waals surface area contributed by atoms with Gasteiger partial charge in [-0.3, -0.25) is 8.95 Å². The Balaban J connectivity index is 1.93. The molecule has 0 saturated heterocycles. The Bertz CT molecular complexity index is 697. The van der Waals surface area contributed by atoms with E-state index >= 15 is 0 Å². The van der Waals surface area contributed by atoms with Crippen molar-refractivity contribution in [2.24, 2.45) is 0 Å². The fourth-order valence-electron chi connectivity index (χ4n) is 3.00. The van der Waals surface area contributed by atoms with Gasteiger partial charge in [-0.2, -0.15) is 0 Å². The van der Waals surface area contributed by atoms with Gasteiger partial charge in [0.1, 0.15) is 16.5 Å². The van der Waals surface area contributed by atoms with Crippen molar-refractivity contribution >= 4 is 16.6 Å². The van der Waals surface area contributed by atoms with Gasteiger partial charge in [0.2, 0.25) is 0 Å². The van der Waals surface area contributed by atoms with Crippen LogP contribution in [0, 0.1) is 0 Å². The first-order chi connectivity index (χ1) is 11.5. The summed E-state index contributed by atoms with van der Waals surface area (Å²) in [6.07, 6.45) is -2.15. The van der Waals surface area contributed by atoms with E-state index in [4.69, 9.17) is 0 Å². The molecule has 9 heteroatoms. The number of alkyl halides is 3. The predicted octanol–water partition coefficient (Wildman–Crippen LogP) is 3.31. The Labute approximate surface area is 147 Å². The van der Waals surface area contributed by atoms with E-state index in [-0.39, 0.29) is 5.41 Å². The number of aromatic nitrogens is 2. The van der Waals surface area contributed by atoms with E-state index in [0.29, 0.717) is 41.6 Å². The molecule has 1 N–H and O–H groups in total. The molecular weight excluding hydrogens is 355 g/mol. The number of hydrogen-bond donors (Lipinski definition) is 1. The van der Waals surface area contributed by atoms with Gasteiger partial charge in [-0.1, -0.05) is 20.8 Å². The number of ether oxygens (including phenoxy) is 1. The third kappa shape index (κ3) is 3.97. The third-order valence-corrected chi connectivity index (χ3v) is 6.02. The number of nitrogens with one attached hydrogen (secondary N) is 1. The lowest BCUT2D eigenvalue weighted by atomic mass is 9.77. The minimum absolute atomic E-state index is 0.315. The maximum Gasteiger partial charge on any atom is 0.522 e. The Kier molecular flexibility index (Phi) is 4.60. The van der Waals surface area contributed by atoms with Gasteiger partial charge in [0, 0.05) is 17.6 Å². The van der Waals surface area contributed by atoms with Crippen molar-refractivity contribution in [1.29, 1.82) is 0 Å². The van der Waals surface area contributed by atoms with E-state index in [1.165, 1.54) is 0 Å². The number of nitrogens with zero attached hydrogens (tertiary/aromatic N) is 2. The van der Waals surface area contributed by atoms with E-state index in [0.717, 1.165) is 12.1 Å². The molecule has 5 nitrogen and oxygen atoms in total. The summed E-state index contributed by atoms with van der Waals surface area (Å²) in [6, 6.07) is 0. The predicted molar refractivity (Wildman–Crippen MR) is 87.9 cm³/mol. The Morgan fingerprint density at radius 2 is 1.92 bits per heavy atom. The zero-order valence-corrected chi connectivity index (χ0v) is 15.3. The van der Waals surface area contributed by atoms with Crippen molar-refractivity contribution in [3.63, 3.8) is 0 Å². The smallest absolute Gasteiger partial charge is 0.361 e. The lowest BCUT2D eigenvalue weighted by Crippen LogP contribution is -2.50. The molecule has 1 saturated carbocycles. The fourth-order valence-corrected chi connectivity index (χ4v) is 4.30. The highest BCUT2D eigenvalue weighted by Gasteiger charge is 2.43. The molecule has 140 valence electrons.